The summed E-state index contributed by atoms with van der Waals surface area (Å²) in [6, 6.07) is 4.34. The predicted molar refractivity (Wildman–Crippen MR) is 102 cm³/mol. The second-order valence-corrected chi connectivity index (χ2v) is 5.98. The fourth-order valence-corrected chi connectivity index (χ4v) is 2.76. The van der Waals surface area contributed by atoms with E-state index in [0.29, 0.717) is 6.54 Å². The zero-order chi connectivity index (χ0) is 15.2. The Hall–Kier alpha value is -1.16. The number of aryl methyl sites for hydroxylation is 2. The van der Waals surface area contributed by atoms with Crippen molar-refractivity contribution in [1.29, 1.82) is 0 Å². The van der Waals surface area contributed by atoms with Crippen LogP contribution in [0.15, 0.2) is 17.1 Å². The van der Waals surface area contributed by atoms with Crippen molar-refractivity contribution < 1.29 is 0 Å². The summed E-state index contributed by atoms with van der Waals surface area (Å²) in [5, 5.41) is 14.7. The van der Waals surface area contributed by atoms with Gasteiger partial charge in [0.05, 0.1) is 13.1 Å². The Morgan fingerprint density at radius 2 is 1.91 bits per heavy atom. The average molecular weight is 434 g/mol. The third-order valence-corrected chi connectivity index (χ3v) is 4.55. The highest BCUT2D eigenvalue weighted by atomic mass is 127. The van der Waals surface area contributed by atoms with Gasteiger partial charge >= 0.3 is 0 Å². The van der Waals surface area contributed by atoms with Crippen LogP contribution in [0.3, 0.4) is 0 Å². The van der Waals surface area contributed by atoms with E-state index in [2.05, 4.69) is 44.9 Å². The Labute approximate surface area is 152 Å². The molecule has 0 aliphatic rings. The highest BCUT2D eigenvalue weighted by Gasteiger charge is 2.06. The van der Waals surface area contributed by atoms with Crippen molar-refractivity contribution in [2.24, 2.45) is 12.0 Å². The van der Waals surface area contributed by atoms with Gasteiger partial charge in [-0.25, -0.2) is 0 Å². The largest absolute Gasteiger partial charge is 0.352 e. The van der Waals surface area contributed by atoms with Crippen molar-refractivity contribution >= 4 is 41.3 Å². The molecule has 0 aromatic carbocycles. The molecule has 0 aliphatic heterocycles. The summed E-state index contributed by atoms with van der Waals surface area (Å²) in [7, 11) is 3.73. The molecule has 2 rings (SSSR count). The van der Waals surface area contributed by atoms with E-state index in [1.807, 2.05) is 29.9 Å². The van der Waals surface area contributed by atoms with Crippen LogP contribution >= 0.6 is 35.3 Å². The van der Waals surface area contributed by atoms with Crippen LogP contribution < -0.4 is 10.6 Å². The van der Waals surface area contributed by atoms with Crippen molar-refractivity contribution in [2.45, 2.75) is 33.4 Å². The van der Waals surface area contributed by atoms with Crippen molar-refractivity contribution in [3.05, 3.63) is 33.5 Å². The molecule has 0 amide bonds. The van der Waals surface area contributed by atoms with Crippen molar-refractivity contribution in [3.8, 4) is 0 Å². The molecule has 6 nitrogen and oxygen atoms in total. The molecule has 0 saturated heterocycles. The van der Waals surface area contributed by atoms with E-state index in [4.69, 9.17) is 0 Å². The van der Waals surface area contributed by atoms with Gasteiger partial charge in [-0.3, -0.25) is 4.99 Å². The standard InChI is InChI=1S/C14H22N6S.HI/c1-5-11-6-7-12(21-11)8-16-14(15-3)17-9-13-19-18-10(2)20(13)4;/h6-7H,5,8-9H2,1-4H3,(H2,15,16,17);1H. The molecule has 0 spiro atoms. The molecule has 0 atom stereocenters. The molecule has 0 unspecified atom stereocenters. The lowest BCUT2D eigenvalue weighted by molar-refractivity contribution is 0.718. The first-order valence-corrected chi connectivity index (χ1v) is 7.82. The Kier molecular flexibility index (Phi) is 7.80. The normalized spacial score (nSPS) is 11.2. The maximum Gasteiger partial charge on any atom is 0.191 e. The van der Waals surface area contributed by atoms with E-state index in [1.165, 1.54) is 9.75 Å². The lowest BCUT2D eigenvalue weighted by Gasteiger charge is -2.10. The third kappa shape index (κ3) is 4.94. The van der Waals surface area contributed by atoms with E-state index in [-0.39, 0.29) is 24.0 Å². The summed E-state index contributed by atoms with van der Waals surface area (Å²) in [5.41, 5.74) is 0. The summed E-state index contributed by atoms with van der Waals surface area (Å²) in [6.07, 6.45) is 1.09. The summed E-state index contributed by atoms with van der Waals surface area (Å²) in [4.78, 5) is 6.94. The summed E-state index contributed by atoms with van der Waals surface area (Å²) >= 11 is 1.83. The molecule has 2 N–H and O–H groups in total. The molecular formula is C14H23IN6S. The molecule has 8 heteroatoms. The van der Waals surface area contributed by atoms with Gasteiger partial charge in [0.15, 0.2) is 11.8 Å². The monoisotopic (exact) mass is 434 g/mol. The quantitative estimate of drug-likeness (QED) is 0.431. The second kappa shape index (κ2) is 9.09. The van der Waals surface area contributed by atoms with Gasteiger partial charge in [-0.2, -0.15) is 0 Å². The molecule has 2 aromatic heterocycles. The Balaban J connectivity index is 0.00000242. The molecular weight excluding hydrogens is 411 g/mol. The zero-order valence-corrected chi connectivity index (χ0v) is 16.5. The molecule has 122 valence electrons. The lowest BCUT2D eigenvalue weighted by Crippen LogP contribution is -2.36. The van der Waals surface area contributed by atoms with Crippen LogP contribution in [0.4, 0.5) is 0 Å². The van der Waals surface area contributed by atoms with E-state index >= 15 is 0 Å². The van der Waals surface area contributed by atoms with E-state index in [9.17, 15) is 0 Å². The van der Waals surface area contributed by atoms with Crippen LogP contribution in [0, 0.1) is 6.92 Å². The Morgan fingerprint density at radius 1 is 1.23 bits per heavy atom. The van der Waals surface area contributed by atoms with E-state index in [1.54, 1.807) is 7.05 Å². The number of nitrogens with one attached hydrogen (secondary N) is 2. The van der Waals surface area contributed by atoms with Crippen LogP contribution in [0.5, 0.6) is 0 Å². The van der Waals surface area contributed by atoms with Gasteiger partial charge in [-0.1, -0.05) is 6.92 Å². The molecule has 0 radical (unpaired) electrons. The first kappa shape index (κ1) is 18.9. The summed E-state index contributed by atoms with van der Waals surface area (Å²) < 4.78 is 1.97. The number of hydrogen-bond acceptors (Lipinski definition) is 4. The molecule has 0 fully saturated rings. The summed E-state index contributed by atoms with van der Waals surface area (Å²) in [5.74, 6) is 2.56. The first-order valence-electron chi connectivity index (χ1n) is 7.01. The number of aliphatic imine (C=N–C) groups is 1. The molecule has 2 aromatic rings. The maximum atomic E-state index is 4.22. The maximum absolute atomic E-state index is 4.22. The van der Waals surface area contributed by atoms with Gasteiger partial charge in [-0.15, -0.1) is 45.5 Å². The molecule has 0 bridgehead atoms. The fraction of sp³-hybridized carbons (Fsp3) is 0.500. The Morgan fingerprint density at radius 3 is 2.45 bits per heavy atom. The molecule has 0 saturated carbocycles. The average Bonchev–Trinajstić information content (AvgIpc) is 3.08. The van der Waals surface area contributed by atoms with E-state index in [0.717, 1.165) is 30.6 Å². The minimum Gasteiger partial charge on any atom is -0.352 e. The zero-order valence-electron chi connectivity index (χ0n) is 13.4. The van der Waals surface area contributed by atoms with Crippen LogP contribution in [0.2, 0.25) is 0 Å². The van der Waals surface area contributed by atoms with Gasteiger partial charge in [0.2, 0.25) is 0 Å². The molecule has 22 heavy (non-hydrogen) atoms. The van der Waals surface area contributed by atoms with Crippen molar-refractivity contribution in [2.75, 3.05) is 7.05 Å². The van der Waals surface area contributed by atoms with Crippen LogP contribution in [-0.4, -0.2) is 27.8 Å². The van der Waals surface area contributed by atoms with Gasteiger partial charge < -0.3 is 15.2 Å². The highest BCUT2D eigenvalue weighted by molar-refractivity contribution is 14.0. The molecule has 0 aliphatic carbocycles. The minimum absolute atomic E-state index is 0. The minimum atomic E-state index is 0. The lowest BCUT2D eigenvalue weighted by atomic mass is 10.4. The number of halogens is 1. The van der Waals surface area contributed by atoms with Gasteiger partial charge in [-0.05, 0) is 25.5 Å². The summed E-state index contributed by atoms with van der Waals surface area (Å²) in [6.45, 7) is 5.49. The molecule has 2 heterocycles. The smallest absolute Gasteiger partial charge is 0.191 e. The van der Waals surface area contributed by atoms with Gasteiger partial charge in [0, 0.05) is 23.8 Å². The number of rotatable bonds is 5. The number of thiophene rings is 1. The van der Waals surface area contributed by atoms with Crippen LogP contribution in [0.25, 0.3) is 0 Å². The van der Waals surface area contributed by atoms with Crippen LogP contribution in [0.1, 0.15) is 28.3 Å². The van der Waals surface area contributed by atoms with Gasteiger partial charge in [0.1, 0.15) is 5.82 Å². The second-order valence-electron chi connectivity index (χ2n) is 4.72. The number of aromatic nitrogens is 3. The van der Waals surface area contributed by atoms with Crippen molar-refractivity contribution in [1.82, 2.24) is 25.4 Å². The topological polar surface area (TPSA) is 67.1 Å². The first-order chi connectivity index (χ1) is 10.1. The van der Waals surface area contributed by atoms with Crippen molar-refractivity contribution in [3.63, 3.8) is 0 Å². The Bertz CT molecular complexity index is 619. The fourth-order valence-electron chi connectivity index (χ4n) is 1.87. The van der Waals surface area contributed by atoms with Gasteiger partial charge in [0.25, 0.3) is 0 Å². The third-order valence-electron chi connectivity index (χ3n) is 3.32. The van der Waals surface area contributed by atoms with E-state index < -0.39 is 0 Å². The SMILES string of the molecule is CCc1ccc(CNC(=NC)NCc2nnc(C)n2C)s1.I. The highest BCUT2D eigenvalue weighted by Crippen LogP contribution is 2.16. The van der Waals surface area contributed by atoms with Crippen LogP contribution in [-0.2, 0) is 26.6 Å². The number of hydrogen-bond donors (Lipinski definition) is 2. The number of nitrogens with zero attached hydrogens (tertiary/aromatic N) is 4. The predicted octanol–water partition coefficient (Wildman–Crippen LogP) is 2.23. The number of guanidine groups is 1.